The lowest BCUT2D eigenvalue weighted by molar-refractivity contribution is 0.376. The summed E-state index contributed by atoms with van der Waals surface area (Å²) >= 11 is 0. The van der Waals surface area contributed by atoms with Gasteiger partial charge < -0.3 is 0 Å². The summed E-state index contributed by atoms with van der Waals surface area (Å²) < 4.78 is 0. The van der Waals surface area contributed by atoms with E-state index in [4.69, 9.17) is 0 Å². The maximum Gasteiger partial charge on any atom is 0.0638 e. The highest BCUT2D eigenvalue weighted by Gasteiger charge is 2.27. The lowest BCUT2D eigenvalue weighted by Gasteiger charge is -2.33. The third-order valence-electron chi connectivity index (χ3n) is 8.66. The summed E-state index contributed by atoms with van der Waals surface area (Å²) in [5.74, 6) is 0. The van der Waals surface area contributed by atoms with Crippen molar-refractivity contribution in [2.45, 2.75) is 101 Å². The average Bonchev–Trinajstić information content (AvgIpc) is 2.87. The molecule has 0 aliphatic heterocycles. The third kappa shape index (κ3) is 9.99. The molecule has 3 rings (SSSR count). The number of aromatic nitrogens is 1. The van der Waals surface area contributed by atoms with E-state index in [1.54, 1.807) is 5.57 Å². The first-order valence-corrected chi connectivity index (χ1v) is 15.5. The Morgan fingerprint density at radius 3 is 1.78 bits per heavy atom. The zero-order valence-corrected chi connectivity index (χ0v) is 27.3. The molecule has 41 heavy (non-hydrogen) atoms. The molecule has 1 heterocycles. The lowest BCUT2D eigenvalue weighted by Crippen LogP contribution is -2.19. The van der Waals surface area contributed by atoms with Crippen LogP contribution in [0, 0.1) is 10.8 Å². The molecule has 0 fully saturated rings. The Bertz CT molecular complexity index is 1350. The molecule has 0 spiro atoms. The van der Waals surface area contributed by atoms with Gasteiger partial charge in [0.2, 0.25) is 0 Å². The average molecular weight is 548 g/mol. The molecule has 1 aromatic rings. The van der Waals surface area contributed by atoms with Crippen LogP contribution in [-0.2, 0) is 0 Å². The molecule has 0 radical (unpaired) electrons. The van der Waals surface area contributed by atoms with Gasteiger partial charge in [-0.1, -0.05) is 111 Å². The Morgan fingerprint density at radius 1 is 0.707 bits per heavy atom. The zero-order chi connectivity index (χ0) is 30.0. The van der Waals surface area contributed by atoms with Crippen LogP contribution in [0.15, 0.2) is 112 Å². The maximum absolute atomic E-state index is 4.56. The van der Waals surface area contributed by atoms with E-state index in [9.17, 15) is 0 Å². The Labute approximate surface area is 251 Å². The third-order valence-corrected chi connectivity index (χ3v) is 8.66. The van der Waals surface area contributed by atoms with Gasteiger partial charge in [-0.2, -0.15) is 0 Å². The fraction of sp³-hybridized carbons (Fsp3) is 0.425. The van der Waals surface area contributed by atoms with Crippen molar-refractivity contribution in [1.82, 2.24) is 4.98 Å². The molecule has 1 nitrogen and oxygen atoms in total. The second-order valence-electron chi connectivity index (χ2n) is 13.5. The van der Waals surface area contributed by atoms with Crippen LogP contribution in [-0.4, -0.2) is 4.98 Å². The first-order chi connectivity index (χ1) is 19.4. The van der Waals surface area contributed by atoms with E-state index in [1.807, 2.05) is 6.20 Å². The highest BCUT2D eigenvalue weighted by atomic mass is 14.7. The predicted octanol–water partition coefficient (Wildman–Crippen LogP) is 12.1. The smallest absolute Gasteiger partial charge is 0.0638 e. The summed E-state index contributed by atoms with van der Waals surface area (Å²) in [5, 5.41) is 0. The Balaban J connectivity index is 1.61. The molecule has 0 saturated carbocycles. The van der Waals surface area contributed by atoms with Crippen LogP contribution < -0.4 is 0 Å². The van der Waals surface area contributed by atoms with E-state index < -0.39 is 0 Å². The van der Waals surface area contributed by atoms with Crippen LogP contribution in [0.5, 0.6) is 0 Å². The largest absolute Gasteiger partial charge is 0.257 e. The van der Waals surface area contributed by atoms with Gasteiger partial charge in [0.25, 0.3) is 0 Å². The van der Waals surface area contributed by atoms with Gasteiger partial charge >= 0.3 is 0 Å². The quantitative estimate of drug-likeness (QED) is 0.280. The van der Waals surface area contributed by atoms with Gasteiger partial charge in [0.15, 0.2) is 0 Å². The topological polar surface area (TPSA) is 12.9 Å². The molecular formula is C40H53N. The van der Waals surface area contributed by atoms with Crippen LogP contribution in [0.2, 0.25) is 0 Å². The molecule has 1 heteroatoms. The number of allylic oxidation sites excluding steroid dienone is 16. The van der Waals surface area contributed by atoms with Crippen molar-refractivity contribution in [2.24, 2.45) is 10.8 Å². The van der Waals surface area contributed by atoms with Gasteiger partial charge in [0.1, 0.15) is 0 Å². The van der Waals surface area contributed by atoms with Crippen LogP contribution >= 0.6 is 0 Å². The van der Waals surface area contributed by atoms with Gasteiger partial charge in [-0.25, -0.2) is 0 Å². The molecule has 0 bridgehead atoms. The van der Waals surface area contributed by atoms with Gasteiger partial charge in [-0.05, 0) is 124 Å². The molecular weight excluding hydrogens is 494 g/mol. The molecule has 0 amide bonds. The van der Waals surface area contributed by atoms with Crippen molar-refractivity contribution in [1.29, 1.82) is 0 Å². The minimum atomic E-state index is 0.276. The van der Waals surface area contributed by atoms with Gasteiger partial charge in [-0.15, -0.1) is 0 Å². The van der Waals surface area contributed by atoms with Crippen molar-refractivity contribution in [3.63, 3.8) is 0 Å². The van der Waals surface area contributed by atoms with Gasteiger partial charge in [0.05, 0.1) is 5.69 Å². The second kappa shape index (κ2) is 14.6. The molecule has 0 aromatic carbocycles. The van der Waals surface area contributed by atoms with E-state index in [0.717, 1.165) is 11.3 Å². The van der Waals surface area contributed by atoms with Crippen LogP contribution in [0.3, 0.4) is 0 Å². The molecule has 2 aliphatic carbocycles. The molecule has 2 aliphatic rings. The fourth-order valence-electron chi connectivity index (χ4n) is 6.15. The molecule has 0 unspecified atom stereocenters. The van der Waals surface area contributed by atoms with Crippen molar-refractivity contribution in [2.75, 3.05) is 0 Å². The summed E-state index contributed by atoms with van der Waals surface area (Å²) in [7, 11) is 0. The first-order valence-electron chi connectivity index (χ1n) is 15.5. The van der Waals surface area contributed by atoms with Gasteiger partial charge in [0, 0.05) is 6.20 Å². The minimum absolute atomic E-state index is 0.276. The van der Waals surface area contributed by atoms with Crippen LogP contribution in [0.4, 0.5) is 0 Å². The number of pyridine rings is 1. The van der Waals surface area contributed by atoms with E-state index >= 15 is 0 Å². The Hall–Kier alpha value is -3.19. The number of nitrogens with zero attached hydrogens (tertiary/aromatic N) is 1. The number of rotatable bonds is 9. The Kier molecular flexibility index (Phi) is 11.5. The van der Waals surface area contributed by atoms with E-state index in [0.29, 0.717) is 0 Å². The summed E-state index contributed by atoms with van der Waals surface area (Å²) in [6.07, 6.45) is 33.8. The normalized spacial score (nSPS) is 21.0. The molecule has 0 N–H and O–H groups in total. The van der Waals surface area contributed by atoms with Crippen molar-refractivity contribution in [3.8, 4) is 0 Å². The summed E-state index contributed by atoms with van der Waals surface area (Å²) in [5.41, 5.74) is 12.5. The lowest BCUT2D eigenvalue weighted by atomic mass is 9.72. The van der Waals surface area contributed by atoms with Gasteiger partial charge in [-0.3, -0.25) is 4.98 Å². The summed E-state index contributed by atoms with van der Waals surface area (Å²) in [6, 6.07) is 4.19. The standard InChI is InChI=1S/C40H53N/c1-30(20-22-37-33(4)17-12-25-39(37,6)7)14-10-16-32(3)28-36-29-35(24-27-41-36)19-11-15-31(2)21-23-38-34(5)18-13-26-40(38,8)9/h10-11,14-16,19-24,27-29H,12-13,17-18,25-26H2,1-9H3. The monoisotopic (exact) mass is 547 g/mol. The SMILES string of the molecule is CC(C=CC1=C(C)CCCC1(C)C)=CC=CC(C)=Cc1cc(C=CC=C(C)C=CC2=C(C)CCCC2(C)C)ccn1. The molecule has 0 atom stereocenters. The molecule has 1 aromatic heterocycles. The van der Waals surface area contributed by atoms with Crippen molar-refractivity contribution in [3.05, 3.63) is 123 Å². The van der Waals surface area contributed by atoms with Crippen molar-refractivity contribution >= 4 is 12.2 Å². The number of hydrogen-bond donors (Lipinski definition) is 0. The summed E-state index contributed by atoms with van der Waals surface area (Å²) in [6.45, 7) is 20.5. The van der Waals surface area contributed by atoms with E-state index in [1.165, 1.54) is 72.0 Å². The zero-order valence-electron chi connectivity index (χ0n) is 27.3. The highest BCUT2D eigenvalue weighted by Crippen LogP contribution is 2.41. The van der Waals surface area contributed by atoms with E-state index in [2.05, 4.69) is 146 Å². The minimum Gasteiger partial charge on any atom is -0.257 e. The number of hydrogen-bond acceptors (Lipinski definition) is 1. The van der Waals surface area contributed by atoms with Crippen LogP contribution in [0.25, 0.3) is 12.2 Å². The van der Waals surface area contributed by atoms with Crippen LogP contribution in [0.1, 0.15) is 112 Å². The molecule has 218 valence electrons. The first kappa shape index (κ1) is 32.3. The van der Waals surface area contributed by atoms with E-state index in [-0.39, 0.29) is 10.8 Å². The highest BCUT2D eigenvalue weighted by molar-refractivity contribution is 5.58. The predicted molar refractivity (Wildman–Crippen MR) is 183 cm³/mol. The summed E-state index contributed by atoms with van der Waals surface area (Å²) in [4.78, 5) is 4.56. The maximum atomic E-state index is 4.56. The fourth-order valence-corrected chi connectivity index (χ4v) is 6.15. The van der Waals surface area contributed by atoms with Crippen molar-refractivity contribution < 1.29 is 0 Å². The second-order valence-corrected chi connectivity index (χ2v) is 13.5. The Morgan fingerprint density at radius 2 is 1.24 bits per heavy atom. The molecule has 0 saturated heterocycles.